The lowest BCUT2D eigenvalue weighted by molar-refractivity contribution is 0.244. The molecule has 0 amide bonds. The highest BCUT2D eigenvalue weighted by Gasteiger charge is 2.08. The van der Waals surface area contributed by atoms with Crippen molar-refractivity contribution in [3.05, 3.63) is 59.8 Å². The number of benzene rings is 2. The third kappa shape index (κ3) is 4.58. The molecule has 0 saturated carbocycles. The van der Waals surface area contributed by atoms with Gasteiger partial charge in [0.1, 0.15) is 5.75 Å². The average molecular weight is 356 g/mol. The largest absolute Gasteiger partial charge is 0.489 e. The van der Waals surface area contributed by atoms with Crippen molar-refractivity contribution >= 4 is 34.7 Å². The summed E-state index contributed by atoms with van der Waals surface area (Å²) in [5.41, 5.74) is 1.52. The maximum absolute atomic E-state index is 6.15. The van der Waals surface area contributed by atoms with Gasteiger partial charge in [-0.05, 0) is 38.1 Å². The molecular weight excluding hydrogens is 338 g/mol. The van der Waals surface area contributed by atoms with E-state index >= 15 is 0 Å². The third-order valence-electron chi connectivity index (χ3n) is 3.19. The molecule has 0 aliphatic rings. The fourth-order valence-corrected chi connectivity index (χ4v) is 2.35. The molecule has 6 nitrogen and oxygen atoms in total. The van der Waals surface area contributed by atoms with Gasteiger partial charge in [0.25, 0.3) is 0 Å². The van der Waals surface area contributed by atoms with Crippen molar-refractivity contribution in [2.75, 3.05) is 10.6 Å². The fraction of sp³-hybridized carbons (Fsp3) is 0.167. The van der Waals surface area contributed by atoms with E-state index in [1.165, 1.54) is 6.20 Å². The smallest absolute Gasteiger partial charge is 0.249 e. The Morgan fingerprint density at radius 2 is 1.68 bits per heavy atom. The van der Waals surface area contributed by atoms with Crippen LogP contribution in [0.25, 0.3) is 0 Å². The summed E-state index contributed by atoms with van der Waals surface area (Å²) in [6, 6.07) is 15.0. The molecule has 128 valence electrons. The second-order valence-corrected chi connectivity index (χ2v) is 5.97. The van der Waals surface area contributed by atoms with Crippen molar-refractivity contribution < 1.29 is 4.74 Å². The van der Waals surface area contributed by atoms with E-state index in [1.54, 1.807) is 6.07 Å². The van der Waals surface area contributed by atoms with Crippen molar-refractivity contribution in [3.63, 3.8) is 0 Å². The summed E-state index contributed by atoms with van der Waals surface area (Å²) in [6.07, 6.45) is 1.60. The van der Waals surface area contributed by atoms with Crippen LogP contribution in [0.2, 0.25) is 5.02 Å². The normalized spacial score (nSPS) is 10.6. The summed E-state index contributed by atoms with van der Waals surface area (Å²) in [7, 11) is 0. The number of hydrogen-bond acceptors (Lipinski definition) is 6. The van der Waals surface area contributed by atoms with E-state index < -0.39 is 0 Å². The first-order valence-electron chi connectivity index (χ1n) is 7.86. The Hall–Kier alpha value is -2.86. The van der Waals surface area contributed by atoms with Gasteiger partial charge >= 0.3 is 0 Å². The third-order valence-corrected chi connectivity index (χ3v) is 3.52. The quantitative estimate of drug-likeness (QED) is 0.661. The van der Waals surface area contributed by atoms with E-state index in [0.29, 0.717) is 16.8 Å². The second kappa shape index (κ2) is 7.81. The highest BCUT2D eigenvalue weighted by Crippen LogP contribution is 2.28. The lowest BCUT2D eigenvalue weighted by atomic mass is 10.3. The first-order chi connectivity index (χ1) is 12.1. The van der Waals surface area contributed by atoms with Crippen LogP contribution in [-0.2, 0) is 0 Å². The molecule has 0 aliphatic carbocycles. The molecule has 7 heteroatoms. The first-order valence-corrected chi connectivity index (χ1v) is 8.23. The molecule has 25 heavy (non-hydrogen) atoms. The minimum absolute atomic E-state index is 0.0650. The number of halogens is 1. The average Bonchev–Trinajstić information content (AvgIpc) is 2.59. The van der Waals surface area contributed by atoms with Crippen LogP contribution in [0.5, 0.6) is 5.75 Å². The van der Waals surface area contributed by atoms with Crippen LogP contribution in [-0.4, -0.2) is 21.3 Å². The number of aromatic nitrogens is 3. The van der Waals surface area contributed by atoms with Gasteiger partial charge in [-0.1, -0.05) is 35.9 Å². The number of hydrogen-bond donors (Lipinski definition) is 2. The number of para-hydroxylation sites is 3. The Kier molecular flexibility index (Phi) is 5.30. The second-order valence-electron chi connectivity index (χ2n) is 5.56. The minimum atomic E-state index is 0.0650. The Bertz CT molecular complexity index is 856. The zero-order chi connectivity index (χ0) is 17.6. The van der Waals surface area contributed by atoms with Crippen LogP contribution in [0.3, 0.4) is 0 Å². The Morgan fingerprint density at radius 1 is 0.960 bits per heavy atom. The maximum atomic E-state index is 6.15. The number of nitrogens with zero attached hydrogens (tertiary/aromatic N) is 3. The molecule has 0 saturated heterocycles. The summed E-state index contributed by atoms with van der Waals surface area (Å²) >= 11 is 6.15. The summed E-state index contributed by atoms with van der Waals surface area (Å²) in [5.74, 6) is 1.62. The molecule has 0 radical (unpaired) electrons. The number of ether oxygens (including phenoxy) is 1. The van der Waals surface area contributed by atoms with Gasteiger partial charge < -0.3 is 15.4 Å². The van der Waals surface area contributed by atoms with E-state index in [9.17, 15) is 0 Å². The molecule has 0 unspecified atom stereocenters. The molecule has 1 heterocycles. The van der Waals surface area contributed by atoms with Crippen molar-refractivity contribution in [2.45, 2.75) is 20.0 Å². The molecule has 2 N–H and O–H groups in total. The molecule has 0 atom stereocenters. The predicted octanol–water partition coefficient (Wildman–Crippen LogP) is 4.80. The Labute approximate surface area is 151 Å². The lowest BCUT2D eigenvalue weighted by Crippen LogP contribution is -2.08. The van der Waals surface area contributed by atoms with Crippen LogP contribution < -0.4 is 15.4 Å². The van der Waals surface area contributed by atoms with Gasteiger partial charge in [0.05, 0.1) is 28.7 Å². The Morgan fingerprint density at radius 3 is 2.44 bits per heavy atom. The SMILES string of the molecule is CC(C)Oc1ccccc1Nc1nncc(Nc2ccccc2Cl)n1. The van der Waals surface area contributed by atoms with E-state index in [-0.39, 0.29) is 6.10 Å². The summed E-state index contributed by atoms with van der Waals surface area (Å²) in [6.45, 7) is 3.95. The highest BCUT2D eigenvalue weighted by atomic mass is 35.5. The molecule has 2 aromatic carbocycles. The zero-order valence-corrected chi connectivity index (χ0v) is 14.7. The van der Waals surface area contributed by atoms with E-state index in [4.69, 9.17) is 16.3 Å². The van der Waals surface area contributed by atoms with Gasteiger partial charge in [0.15, 0.2) is 5.82 Å². The van der Waals surface area contributed by atoms with E-state index in [1.807, 2.05) is 56.3 Å². The number of anilines is 4. The van der Waals surface area contributed by atoms with E-state index in [0.717, 1.165) is 17.1 Å². The topological polar surface area (TPSA) is 72.0 Å². The molecule has 0 aliphatic heterocycles. The maximum Gasteiger partial charge on any atom is 0.249 e. The van der Waals surface area contributed by atoms with Gasteiger partial charge in [0.2, 0.25) is 5.95 Å². The summed E-state index contributed by atoms with van der Waals surface area (Å²) < 4.78 is 5.79. The van der Waals surface area contributed by atoms with Crippen molar-refractivity contribution in [1.82, 2.24) is 15.2 Å². The zero-order valence-electron chi connectivity index (χ0n) is 13.9. The van der Waals surface area contributed by atoms with Crippen LogP contribution >= 0.6 is 11.6 Å². The molecule has 0 spiro atoms. The summed E-state index contributed by atoms with van der Waals surface area (Å²) in [5, 5.41) is 14.9. The summed E-state index contributed by atoms with van der Waals surface area (Å²) in [4.78, 5) is 4.41. The monoisotopic (exact) mass is 355 g/mol. The fourth-order valence-electron chi connectivity index (χ4n) is 2.16. The molecule has 0 fully saturated rings. The van der Waals surface area contributed by atoms with Crippen LogP contribution in [0.15, 0.2) is 54.7 Å². The molecule has 1 aromatic heterocycles. The predicted molar refractivity (Wildman–Crippen MR) is 100 cm³/mol. The van der Waals surface area contributed by atoms with Crippen LogP contribution in [0.1, 0.15) is 13.8 Å². The van der Waals surface area contributed by atoms with Crippen molar-refractivity contribution in [2.24, 2.45) is 0 Å². The number of nitrogens with one attached hydrogen (secondary N) is 2. The van der Waals surface area contributed by atoms with Gasteiger partial charge in [-0.25, -0.2) is 0 Å². The van der Waals surface area contributed by atoms with Gasteiger partial charge in [-0.15, -0.1) is 5.10 Å². The molecule has 3 rings (SSSR count). The van der Waals surface area contributed by atoms with Gasteiger partial charge in [0, 0.05) is 0 Å². The van der Waals surface area contributed by atoms with Crippen LogP contribution in [0.4, 0.5) is 23.1 Å². The lowest BCUT2D eigenvalue weighted by Gasteiger charge is -2.14. The standard InChI is InChI=1S/C18H18ClN5O/c1-12(2)25-16-10-6-5-9-15(16)22-18-23-17(11-20-24-18)21-14-8-4-3-7-13(14)19/h3-12H,1-2H3,(H2,21,22,23,24). The van der Waals surface area contributed by atoms with Gasteiger partial charge in [-0.2, -0.15) is 10.1 Å². The van der Waals surface area contributed by atoms with Crippen molar-refractivity contribution in [3.8, 4) is 5.75 Å². The first kappa shape index (κ1) is 17.0. The highest BCUT2D eigenvalue weighted by molar-refractivity contribution is 6.33. The molecule has 3 aromatic rings. The minimum Gasteiger partial charge on any atom is -0.489 e. The van der Waals surface area contributed by atoms with E-state index in [2.05, 4.69) is 25.8 Å². The van der Waals surface area contributed by atoms with Crippen LogP contribution in [0, 0.1) is 0 Å². The Balaban J connectivity index is 1.80. The van der Waals surface area contributed by atoms with Gasteiger partial charge in [-0.3, -0.25) is 0 Å². The number of rotatable bonds is 6. The van der Waals surface area contributed by atoms with Crippen molar-refractivity contribution in [1.29, 1.82) is 0 Å². The molecular formula is C18H18ClN5O. The molecule has 0 bridgehead atoms.